The third-order valence-corrected chi connectivity index (χ3v) is 2.39. The van der Waals surface area contributed by atoms with Crippen LogP contribution in [0.2, 0.25) is 6.32 Å². The maximum atomic E-state index is 10.8. The van der Waals surface area contributed by atoms with Gasteiger partial charge in [0, 0.05) is 0 Å². The number of rotatable bonds is 7. The molecule has 0 aromatic rings. The monoisotopic (exact) mass is 203 g/mol. The van der Waals surface area contributed by atoms with Crippen molar-refractivity contribution in [3.63, 3.8) is 0 Å². The Morgan fingerprint density at radius 2 is 2.00 bits per heavy atom. The second-order valence-electron chi connectivity index (χ2n) is 3.54. The van der Waals surface area contributed by atoms with Gasteiger partial charge in [-0.25, -0.2) is 0 Å². The van der Waals surface area contributed by atoms with Gasteiger partial charge in [0.25, 0.3) is 0 Å². The third-order valence-electron chi connectivity index (χ3n) is 2.39. The Labute approximate surface area is 84.1 Å². The summed E-state index contributed by atoms with van der Waals surface area (Å²) in [5, 5.41) is 25.9. The molecular formula is C8H18BNO4. The normalized spacial score (nSPS) is 14.9. The molecule has 14 heavy (non-hydrogen) atoms. The van der Waals surface area contributed by atoms with Crippen LogP contribution >= 0.6 is 0 Å². The van der Waals surface area contributed by atoms with Crippen molar-refractivity contribution in [1.29, 1.82) is 0 Å². The van der Waals surface area contributed by atoms with Gasteiger partial charge in [0.1, 0.15) is 5.54 Å². The van der Waals surface area contributed by atoms with Gasteiger partial charge in [-0.2, -0.15) is 0 Å². The van der Waals surface area contributed by atoms with Crippen LogP contribution in [-0.2, 0) is 4.79 Å². The lowest BCUT2D eigenvalue weighted by Crippen LogP contribution is -2.47. The van der Waals surface area contributed by atoms with Crippen molar-refractivity contribution >= 4 is 13.1 Å². The summed E-state index contributed by atoms with van der Waals surface area (Å²) in [6.07, 6.45) is 2.17. The first-order valence-electron chi connectivity index (χ1n) is 4.81. The second-order valence-corrected chi connectivity index (χ2v) is 3.54. The minimum Gasteiger partial charge on any atom is -0.480 e. The number of unbranched alkanes of at least 4 members (excludes halogenated alkanes) is 1. The van der Waals surface area contributed by atoms with Crippen LogP contribution in [-0.4, -0.2) is 33.8 Å². The zero-order valence-electron chi connectivity index (χ0n) is 8.44. The van der Waals surface area contributed by atoms with Crippen LogP contribution in [0.3, 0.4) is 0 Å². The minimum atomic E-state index is -1.31. The molecule has 0 fully saturated rings. The SMILES string of the molecule is CCC(N)(CCCCB(O)O)C(=O)O. The van der Waals surface area contributed by atoms with E-state index in [4.69, 9.17) is 20.9 Å². The number of hydrogen-bond donors (Lipinski definition) is 4. The number of hydrogen-bond acceptors (Lipinski definition) is 4. The number of carbonyl (C=O) groups is 1. The summed E-state index contributed by atoms with van der Waals surface area (Å²) in [5.41, 5.74) is 4.47. The van der Waals surface area contributed by atoms with Crippen molar-refractivity contribution < 1.29 is 19.9 Å². The summed E-state index contributed by atoms with van der Waals surface area (Å²) in [6, 6.07) is 0. The molecule has 1 unspecified atom stereocenters. The van der Waals surface area contributed by atoms with Crippen LogP contribution in [0.25, 0.3) is 0 Å². The van der Waals surface area contributed by atoms with Crippen LogP contribution in [0.4, 0.5) is 0 Å². The molecule has 82 valence electrons. The van der Waals surface area contributed by atoms with Gasteiger partial charge in [-0.1, -0.05) is 19.8 Å². The number of nitrogens with two attached hydrogens (primary N) is 1. The van der Waals surface area contributed by atoms with E-state index in [0.717, 1.165) is 0 Å². The van der Waals surface area contributed by atoms with Gasteiger partial charge in [0.05, 0.1) is 0 Å². The predicted octanol–water partition coefficient (Wildman–Crippen LogP) is -0.178. The van der Waals surface area contributed by atoms with Crippen molar-refractivity contribution in [3.8, 4) is 0 Å². The first-order valence-corrected chi connectivity index (χ1v) is 4.81. The maximum Gasteiger partial charge on any atom is 0.451 e. The third kappa shape index (κ3) is 4.60. The molecule has 0 aliphatic rings. The van der Waals surface area contributed by atoms with Gasteiger partial charge in [-0.3, -0.25) is 4.79 Å². The van der Waals surface area contributed by atoms with Crippen molar-refractivity contribution in [2.75, 3.05) is 0 Å². The second kappa shape index (κ2) is 6.00. The van der Waals surface area contributed by atoms with Gasteiger partial charge in [-0.15, -0.1) is 0 Å². The Morgan fingerprint density at radius 1 is 1.43 bits per heavy atom. The van der Waals surface area contributed by atoms with E-state index in [-0.39, 0.29) is 6.32 Å². The molecule has 6 heteroatoms. The lowest BCUT2D eigenvalue weighted by molar-refractivity contribution is -0.143. The summed E-state index contributed by atoms with van der Waals surface area (Å²) >= 11 is 0. The summed E-state index contributed by atoms with van der Waals surface area (Å²) in [6.45, 7) is 1.73. The highest BCUT2D eigenvalue weighted by Crippen LogP contribution is 2.16. The Bertz CT molecular complexity index is 188. The minimum absolute atomic E-state index is 0.263. The average molecular weight is 203 g/mol. The fourth-order valence-electron chi connectivity index (χ4n) is 1.20. The molecule has 0 spiro atoms. The summed E-state index contributed by atoms with van der Waals surface area (Å²) in [7, 11) is -1.31. The molecule has 0 saturated carbocycles. The first kappa shape index (κ1) is 13.4. The molecule has 0 aromatic carbocycles. The molecule has 0 radical (unpaired) electrons. The van der Waals surface area contributed by atoms with Crippen molar-refractivity contribution in [3.05, 3.63) is 0 Å². The molecule has 0 bridgehead atoms. The van der Waals surface area contributed by atoms with E-state index in [0.29, 0.717) is 25.7 Å². The summed E-state index contributed by atoms with van der Waals surface area (Å²) < 4.78 is 0. The molecule has 0 heterocycles. The largest absolute Gasteiger partial charge is 0.480 e. The summed E-state index contributed by atoms with van der Waals surface area (Å²) in [4.78, 5) is 10.8. The van der Waals surface area contributed by atoms with Gasteiger partial charge < -0.3 is 20.9 Å². The highest BCUT2D eigenvalue weighted by atomic mass is 16.4. The van der Waals surface area contributed by atoms with Crippen LogP contribution in [0.15, 0.2) is 0 Å². The fourth-order valence-corrected chi connectivity index (χ4v) is 1.20. The zero-order chi connectivity index (χ0) is 11.2. The van der Waals surface area contributed by atoms with E-state index < -0.39 is 18.6 Å². The van der Waals surface area contributed by atoms with E-state index in [1.54, 1.807) is 6.92 Å². The Balaban J connectivity index is 3.79. The first-order chi connectivity index (χ1) is 6.42. The van der Waals surface area contributed by atoms with Gasteiger partial charge in [0.15, 0.2) is 0 Å². The molecular weight excluding hydrogens is 185 g/mol. The quantitative estimate of drug-likeness (QED) is 0.339. The van der Waals surface area contributed by atoms with Crippen LogP contribution < -0.4 is 5.73 Å². The Morgan fingerprint density at radius 3 is 2.36 bits per heavy atom. The Kier molecular flexibility index (Phi) is 5.75. The molecule has 0 aliphatic carbocycles. The smallest absolute Gasteiger partial charge is 0.451 e. The van der Waals surface area contributed by atoms with E-state index in [2.05, 4.69) is 0 Å². The van der Waals surface area contributed by atoms with E-state index in [1.807, 2.05) is 0 Å². The average Bonchev–Trinajstić information content (AvgIpc) is 2.11. The van der Waals surface area contributed by atoms with Crippen LogP contribution in [0, 0.1) is 0 Å². The molecule has 0 aromatic heterocycles. The Hall–Kier alpha value is -0.585. The topological polar surface area (TPSA) is 104 Å². The van der Waals surface area contributed by atoms with E-state index >= 15 is 0 Å². The standard InChI is InChI=1S/C8H18BNO4/c1-2-8(10,7(11)12)5-3-4-6-9(13)14/h13-14H,2-6,10H2,1H3,(H,11,12). The highest BCUT2D eigenvalue weighted by molar-refractivity contribution is 6.40. The molecule has 5 nitrogen and oxygen atoms in total. The lowest BCUT2D eigenvalue weighted by atomic mass is 9.81. The molecule has 0 amide bonds. The maximum absolute atomic E-state index is 10.8. The van der Waals surface area contributed by atoms with Crippen molar-refractivity contribution in [2.45, 2.75) is 44.5 Å². The van der Waals surface area contributed by atoms with E-state index in [9.17, 15) is 4.79 Å². The molecule has 1 atom stereocenters. The van der Waals surface area contributed by atoms with Crippen LogP contribution in [0.1, 0.15) is 32.6 Å². The fraction of sp³-hybridized carbons (Fsp3) is 0.875. The highest BCUT2D eigenvalue weighted by Gasteiger charge is 2.30. The van der Waals surface area contributed by atoms with Gasteiger partial charge in [0.2, 0.25) is 0 Å². The molecule has 0 rings (SSSR count). The molecule has 5 N–H and O–H groups in total. The molecule has 0 saturated heterocycles. The number of carboxylic acids is 1. The predicted molar refractivity (Wildman–Crippen MR) is 53.7 cm³/mol. The van der Waals surface area contributed by atoms with Crippen molar-refractivity contribution in [1.82, 2.24) is 0 Å². The number of aliphatic carboxylic acids is 1. The number of carboxylic acid groups (broad SMARTS) is 1. The van der Waals surface area contributed by atoms with Gasteiger partial charge >= 0.3 is 13.1 Å². The lowest BCUT2D eigenvalue weighted by Gasteiger charge is -2.22. The van der Waals surface area contributed by atoms with Crippen LogP contribution in [0.5, 0.6) is 0 Å². The van der Waals surface area contributed by atoms with Gasteiger partial charge in [-0.05, 0) is 19.2 Å². The summed E-state index contributed by atoms with van der Waals surface area (Å²) in [5.74, 6) is -0.996. The van der Waals surface area contributed by atoms with Crippen molar-refractivity contribution in [2.24, 2.45) is 5.73 Å². The molecule has 0 aliphatic heterocycles. The van der Waals surface area contributed by atoms with E-state index in [1.165, 1.54) is 0 Å². The zero-order valence-corrected chi connectivity index (χ0v) is 8.44.